The molecule has 3 rings (SSSR count). The number of hydrogen-bond acceptors (Lipinski definition) is 5. The van der Waals surface area contributed by atoms with Crippen molar-refractivity contribution >= 4 is 12.1 Å². The second-order valence-electron chi connectivity index (χ2n) is 7.18. The number of benzene rings is 3. The van der Waals surface area contributed by atoms with Gasteiger partial charge in [-0.05, 0) is 60.4 Å². The van der Waals surface area contributed by atoms with Gasteiger partial charge in [-0.1, -0.05) is 49.4 Å². The minimum absolute atomic E-state index is 0.337. The number of hydrazone groups is 1. The number of nitrogens with zero attached hydrogens (tertiary/aromatic N) is 1. The van der Waals surface area contributed by atoms with Crippen LogP contribution in [0.2, 0.25) is 0 Å². The number of ether oxygens (including phenoxy) is 3. The van der Waals surface area contributed by atoms with E-state index in [1.807, 2.05) is 66.7 Å². The highest BCUT2D eigenvalue weighted by Gasteiger charge is 2.14. The highest BCUT2D eigenvalue weighted by molar-refractivity contribution is 5.84. The molecule has 6 heteroatoms. The fraction of sp³-hybridized carbons (Fsp3) is 0.231. The van der Waals surface area contributed by atoms with Crippen molar-refractivity contribution in [3.8, 4) is 17.2 Å². The zero-order valence-corrected chi connectivity index (χ0v) is 18.6. The van der Waals surface area contributed by atoms with Crippen molar-refractivity contribution in [3.63, 3.8) is 0 Å². The molecule has 32 heavy (non-hydrogen) atoms. The molecule has 1 unspecified atom stereocenters. The summed E-state index contributed by atoms with van der Waals surface area (Å²) in [4.78, 5) is 12.3. The molecule has 1 amide bonds. The van der Waals surface area contributed by atoms with Crippen LogP contribution in [0.25, 0.3) is 0 Å². The van der Waals surface area contributed by atoms with Crippen molar-refractivity contribution in [3.05, 3.63) is 89.5 Å². The Labute approximate surface area is 188 Å². The molecule has 0 aliphatic heterocycles. The molecule has 3 aromatic carbocycles. The van der Waals surface area contributed by atoms with E-state index in [0.717, 1.165) is 17.5 Å². The third-order valence-corrected chi connectivity index (χ3v) is 4.83. The van der Waals surface area contributed by atoms with E-state index in [2.05, 4.69) is 17.5 Å². The fourth-order valence-corrected chi connectivity index (χ4v) is 2.94. The Bertz CT molecular complexity index is 1030. The van der Waals surface area contributed by atoms with E-state index in [0.29, 0.717) is 23.9 Å². The molecule has 0 heterocycles. The first-order valence-electron chi connectivity index (χ1n) is 10.5. The maximum absolute atomic E-state index is 12.3. The molecule has 0 bridgehead atoms. The molecule has 0 fully saturated rings. The van der Waals surface area contributed by atoms with Gasteiger partial charge in [-0.15, -0.1) is 0 Å². The first kappa shape index (κ1) is 22.9. The number of hydrogen-bond donors (Lipinski definition) is 1. The predicted molar refractivity (Wildman–Crippen MR) is 125 cm³/mol. The van der Waals surface area contributed by atoms with Crippen LogP contribution >= 0.6 is 0 Å². The molecule has 1 N–H and O–H groups in total. The van der Waals surface area contributed by atoms with Crippen LogP contribution in [-0.2, 0) is 17.8 Å². The van der Waals surface area contributed by atoms with Gasteiger partial charge in [0.25, 0.3) is 5.91 Å². The summed E-state index contributed by atoms with van der Waals surface area (Å²) in [5, 5.41) is 4.03. The normalized spacial score (nSPS) is 11.7. The Balaban J connectivity index is 1.53. The molecule has 0 aliphatic carbocycles. The molecule has 0 aromatic heterocycles. The monoisotopic (exact) mass is 432 g/mol. The molecule has 0 saturated carbocycles. The molecule has 0 aliphatic rings. The van der Waals surface area contributed by atoms with E-state index in [9.17, 15) is 4.79 Å². The van der Waals surface area contributed by atoms with E-state index in [1.54, 1.807) is 26.3 Å². The Morgan fingerprint density at radius 2 is 1.75 bits per heavy atom. The Morgan fingerprint density at radius 1 is 1.00 bits per heavy atom. The van der Waals surface area contributed by atoms with Crippen LogP contribution in [0.5, 0.6) is 17.2 Å². The van der Waals surface area contributed by atoms with Gasteiger partial charge >= 0.3 is 0 Å². The molecular weight excluding hydrogens is 404 g/mol. The maximum atomic E-state index is 12.3. The van der Waals surface area contributed by atoms with Crippen molar-refractivity contribution in [2.45, 2.75) is 33.0 Å². The van der Waals surface area contributed by atoms with E-state index >= 15 is 0 Å². The summed E-state index contributed by atoms with van der Waals surface area (Å²) in [6, 6.07) is 23.1. The largest absolute Gasteiger partial charge is 0.493 e. The predicted octanol–water partition coefficient (Wildman–Crippen LogP) is 4.75. The second-order valence-corrected chi connectivity index (χ2v) is 7.18. The topological polar surface area (TPSA) is 69.2 Å². The summed E-state index contributed by atoms with van der Waals surface area (Å²) in [5.41, 5.74) is 5.55. The first-order valence-corrected chi connectivity index (χ1v) is 10.5. The van der Waals surface area contributed by atoms with Crippen molar-refractivity contribution < 1.29 is 19.0 Å². The number of carbonyl (C=O) groups is 1. The lowest BCUT2D eigenvalue weighted by molar-refractivity contribution is -0.127. The minimum Gasteiger partial charge on any atom is -0.493 e. The van der Waals surface area contributed by atoms with Crippen LogP contribution in [-0.4, -0.2) is 25.3 Å². The van der Waals surface area contributed by atoms with Crippen LogP contribution in [0.1, 0.15) is 30.5 Å². The van der Waals surface area contributed by atoms with Crippen molar-refractivity contribution in [1.82, 2.24) is 5.43 Å². The average Bonchev–Trinajstić information content (AvgIpc) is 2.84. The standard InChI is InChI=1S/C26H28N2O4/c1-4-20-10-13-23(14-11-20)32-19(2)26(29)28-27-17-22-12-15-24(25(16-22)30-3)31-18-21-8-6-5-7-9-21/h5-17,19H,4,18H2,1-3H3,(H,28,29). The molecule has 1 atom stereocenters. The van der Waals surface area contributed by atoms with Crippen LogP contribution < -0.4 is 19.6 Å². The number of nitrogens with one attached hydrogen (secondary N) is 1. The SMILES string of the molecule is CCc1ccc(OC(C)C(=O)NN=Cc2ccc(OCc3ccccc3)c(OC)c2)cc1. The summed E-state index contributed by atoms with van der Waals surface area (Å²) >= 11 is 0. The number of methoxy groups -OCH3 is 1. The van der Waals surface area contributed by atoms with Crippen LogP contribution in [0.15, 0.2) is 77.9 Å². The third-order valence-electron chi connectivity index (χ3n) is 4.83. The zero-order valence-electron chi connectivity index (χ0n) is 18.6. The summed E-state index contributed by atoms with van der Waals surface area (Å²) in [6.45, 7) is 4.21. The second kappa shape index (κ2) is 11.6. The van der Waals surface area contributed by atoms with Gasteiger partial charge < -0.3 is 14.2 Å². The number of amides is 1. The lowest BCUT2D eigenvalue weighted by atomic mass is 10.2. The van der Waals surface area contributed by atoms with Gasteiger partial charge in [0.05, 0.1) is 13.3 Å². The van der Waals surface area contributed by atoms with Gasteiger partial charge in [-0.2, -0.15) is 5.10 Å². The first-order chi connectivity index (χ1) is 15.6. The summed E-state index contributed by atoms with van der Waals surface area (Å²) in [7, 11) is 1.58. The van der Waals surface area contributed by atoms with Crippen LogP contribution in [0, 0.1) is 0 Å². The molecular formula is C26H28N2O4. The molecule has 0 radical (unpaired) electrons. The molecule has 166 valence electrons. The average molecular weight is 433 g/mol. The van der Waals surface area contributed by atoms with Crippen molar-refractivity contribution in [1.29, 1.82) is 0 Å². The highest BCUT2D eigenvalue weighted by Crippen LogP contribution is 2.28. The van der Waals surface area contributed by atoms with E-state index in [4.69, 9.17) is 14.2 Å². The van der Waals surface area contributed by atoms with Gasteiger partial charge in [-0.3, -0.25) is 4.79 Å². The summed E-state index contributed by atoms with van der Waals surface area (Å²) in [6.07, 6.45) is 1.82. The van der Waals surface area contributed by atoms with E-state index in [-0.39, 0.29) is 5.91 Å². The van der Waals surface area contributed by atoms with Crippen LogP contribution in [0.4, 0.5) is 0 Å². The van der Waals surface area contributed by atoms with Gasteiger partial charge in [0.2, 0.25) is 0 Å². The lowest BCUT2D eigenvalue weighted by Crippen LogP contribution is -2.33. The molecule has 6 nitrogen and oxygen atoms in total. The molecule has 3 aromatic rings. The maximum Gasteiger partial charge on any atom is 0.280 e. The fourth-order valence-electron chi connectivity index (χ4n) is 2.94. The van der Waals surface area contributed by atoms with E-state index in [1.165, 1.54) is 5.56 Å². The van der Waals surface area contributed by atoms with Crippen LogP contribution in [0.3, 0.4) is 0 Å². The minimum atomic E-state index is -0.678. The Kier molecular flexibility index (Phi) is 8.26. The quantitative estimate of drug-likeness (QED) is 0.371. The third kappa shape index (κ3) is 6.60. The number of rotatable bonds is 10. The van der Waals surface area contributed by atoms with Gasteiger partial charge in [-0.25, -0.2) is 5.43 Å². The van der Waals surface area contributed by atoms with E-state index < -0.39 is 6.10 Å². The van der Waals surface area contributed by atoms with Gasteiger partial charge in [0, 0.05) is 0 Å². The lowest BCUT2D eigenvalue weighted by Gasteiger charge is -2.13. The summed E-state index contributed by atoms with van der Waals surface area (Å²) in [5.74, 6) is 1.53. The Morgan fingerprint density at radius 3 is 2.44 bits per heavy atom. The van der Waals surface area contributed by atoms with Crippen molar-refractivity contribution in [2.24, 2.45) is 5.10 Å². The number of aryl methyl sites for hydroxylation is 1. The van der Waals surface area contributed by atoms with Crippen molar-refractivity contribution in [2.75, 3.05) is 7.11 Å². The molecule has 0 saturated heterocycles. The van der Waals surface area contributed by atoms with Gasteiger partial charge in [0.15, 0.2) is 17.6 Å². The zero-order chi connectivity index (χ0) is 22.8. The van der Waals surface area contributed by atoms with Gasteiger partial charge in [0.1, 0.15) is 12.4 Å². The number of carbonyl (C=O) groups excluding carboxylic acids is 1. The molecule has 0 spiro atoms. The highest BCUT2D eigenvalue weighted by atomic mass is 16.5. The smallest absolute Gasteiger partial charge is 0.280 e. The Hall–Kier alpha value is -3.80. The summed E-state index contributed by atoms with van der Waals surface area (Å²) < 4.78 is 17.0.